The highest BCUT2D eigenvalue weighted by Crippen LogP contribution is 2.49. The summed E-state index contributed by atoms with van der Waals surface area (Å²) in [6, 6.07) is 2.36. The Labute approximate surface area is 201 Å². The fourth-order valence-electron chi connectivity index (χ4n) is 6.98. The van der Waals surface area contributed by atoms with Gasteiger partial charge in [0.1, 0.15) is 0 Å². The van der Waals surface area contributed by atoms with E-state index in [9.17, 15) is 13.2 Å². The number of hydrogen-bond donors (Lipinski definition) is 0. The second kappa shape index (κ2) is 10.1. The van der Waals surface area contributed by atoms with Gasteiger partial charge in [0.15, 0.2) is 17.5 Å². The first kappa shape index (κ1) is 24.6. The van der Waals surface area contributed by atoms with Gasteiger partial charge in [0, 0.05) is 11.3 Å². The molecule has 2 aliphatic carbocycles. The summed E-state index contributed by atoms with van der Waals surface area (Å²) in [5.74, 6) is -2.41. The van der Waals surface area contributed by atoms with Crippen LogP contribution in [0.15, 0.2) is 12.1 Å². The van der Waals surface area contributed by atoms with Crippen molar-refractivity contribution in [3.8, 4) is 0 Å². The fraction of sp³-hybridized carbons (Fsp3) is 0.786. The first-order valence-corrected chi connectivity index (χ1v) is 13.5. The standard InChI is InChI=1S/C28H39F3O3/c1-2-13-27-16-32-28(33-17-27,34-18-27)23-11-7-20(8-12-23)4-3-19-5-9-21(10-6-19)22-14-24(29)26(31)25(30)15-22/h14-15,19-21,23H,2-13,16-18H2,1H3. The van der Waals surface area contributed by atoms with Gasteiger partial charge < -0.3 is 14.2 Å². The van der Waals surface area contributed by atoms with Crippen LogP contribution in [0.25, 0.3) is 0 Å². The molecule has 1 aromatic rings. The molecular formula is C28H39F3O3. The Kier molecular flexibility index (Phi) is 7.30. The predicted molar refractivity (Wildman–Crippen MR) is 124 cm³/mol. The summed E-state index contributed by atoms with van der Waals surface area (Å²) in [5.41, 5.74) is 0.669. The van der Waals surface area contributed by atoms with Gasteiger partial charge in [0.2, 0.25) is 0 Å². The molecule has 0 amide bonds. The van der Waals surface area contributed by atoms with Gasteiger partial charge in [-0.15, -0.1) is 0 Å². The van der Waals surface area contributed by atoms with Crippen molar-refractivity contribution in [2.24, 2.45) is 23.2 Å². The lowest BCUT2D eigenvalue weighted by Gasteiger charge is -2.55. The van der Waals surface area contributed by atoms with E-state index in [1.165, 1.54) is 37.8 Å². The molecule has 3 saturated heterocycles. The van der Waals surface area contributed by atoms with Gasteiger partial charge in [-0.05, 0) is 93.2 Å². The third kappa shape index (κ3) is 4.92. The van der Waals surface area contributed by atoms with E-state index in [0.717, 1.165) is 77.1 Å². The Morgan fingerprint density at radius 3 is 1.76 bits per heavy atom. The zero-order valence-electron chi connectivity index (χ0n) is 20.4. The van der Waals surface area contributed by atoms with Gasteiger partial charge in [-0.3, -0.25) is 0 Å². The summed E-state index contributed by atoms with van der Waals surface area (Å²) >= 11 is 0. The van der Waals surface area contributed by atoms with Crippen LogP contribution < -0.4 is 0 Å². The summed E-state index contributed by atoms with van der Waals surface area (Å²) < 4.78 is 59.1. The zero-order valence-corrected chi connectivity index (χ0v) is 20.4. The first-order chi connectivity index (χ1) is 16.4. The van der Waals surface area contributed by atoms with Crippen LogP contribution >= 0.6 is 0 Å². The molecule has 3 heterocycles. The van der Waals surface area contributed by atoms with Crippen molar-refractivity contribution in [2.75, 3.05) is 19.8 Å². The fourth-order valence-corrected chi connectivity index (χ4v) is 6.98. The number of halogens is 3. The molecule has 2 bridgehead atoms. The molecular weight excluding hydrogens is 441 g/mol. The molecule has 0 atom stereocenters. The molecule has 2 saturated carbocycles. The largest absolute Gasteiger partial charge is 0.326 e. The predicted octanol–water partition coefficient (Wildman–Crippen LogP) is 7.48. The van der Waals surface area contributed by atoms with E-state index in [0.29, 0.717) is 17.4 Å². The monoisotopic (exact) mass is 480 g/mol. The minimum Gasteiger partial charge on any atom is -0.326 e. The average Bonchev–Trinajstić information content (AvgIpc) is 2.87. The second-order valence-corrected chi connectivity index (χ2v) is 11.5. The van der Waals surface area contributed by atoms with E-state index in [4.69, 9.17) is 14.2 Å². The first-order valence-electron chi connectivity index (χ1n) is 13.5. The van der Waals surface area contributed by atoms with Crippen LogP contribution in [-0.2, 0) is 14.2 Å². The van der Waals surface area contributed by atoms with E-state index in [1.54, 1.807) is 0 Å². The number of hydrogen-bond acceptors (Lipinski definition) is 3. The minimum atomic E-state index is -1.37. The second-order valence-electron chi connectivity index (χ2n) is 11.5. The summed E-state index contributed by atoms with van der Waals surface area (Å²) in [5, 5.41) is 0. The molecule has 0 aromatic heterocycles. The third-order valence-electron chi connectivity index (χ3n) is 9.17. The third-order valence-corrected chi connectivity index (χ3v) is 9.17. The lowest BCUT2D eigenvalue weighted by atomic mass is 9.73. The molecule has 34 heavy (non-hydrogen) atoms. The topological polar surface area (TPSA) is 27.7 Å². The summed E-state index contributed by atoms with van der Waals surface area (Å²) in [6.07, 6.45) is 13.3. The molecule has 190 valence electrons. The Morgan fingerprint density at radius 2 is 1.26 bits per heavy atom. The lowest BCUT2D eigenvalue weighted by Crippen LogP contribution is -2.63. The van der Waals surface area contributed by atoms with Crippen LogP contribution in [0, 0.1) is 40.6 Å². The van der Waals surface area contributed by atoms with Crippen LogP contribution in [0.4, 0.5) is 13.2 Å². The quantitative estimate of drug-likeness (QED) is 0.379. The van der Waals surface area contributed by atoms with E-state index in [-0.39, 0.29) is 11.3 Å². The summed E-state index contributed by atoms with van der Waals surface area (Å²) in [4.78, 5) is 0. The SMILES string of the molecule is CCCC12COC(C3CCC(CCC4CCC(c5cc(F)c(F)c(F)c5)CC4)CC3)(OC1)OC2. The number of rotatable bonds is 7. The van der Waals surface area contributed by atoms with E-state index in [1.807, 2.05) is 0 Å². The van der Waals surface area contributed by atoms with Gasteiger partial charge in [0.25, 0.3) is 5.97 Å². The molecule has 5 fully saturated rings. The highest BCUT2D eigenvalue weighted by Gasteiger charge is 2.56. The maximum atomic E-state index is 13.6. The maximum Gasteiger partial charge on any atom is 0.285 e. The molecule has 0 spiro atoms. The molecule has 0 unspecified atom stereocenters. The van der Waals surface area contributed by atoms with Crippen LogP contribution in [0.2, 0.25) is 0 Å². The molecule has 1 aromatic carbocycles. The molecule has 0 radical (unpaired) electrons. The molecule has 3 aliphatic heterocycles. The molecule has 3 nitrogen and oxygen atoms in total. The van der Waals surface area contributed by atoms with Crippen molar-refractivity contribution in [3.63, 3.8) is 0 Å². The molecule has 6 heteroatoms. The molecule has 5 aliphatic rings. The zero-order chi connectivity index (χ0) is 23.8. The Hall–Kier alpha value is -1.11. The van der Waals surface area contributed by atoms with Gasteiger partial charge >= 0.3 is 0 Å². The Morgan fingerprint density at radius 1 is 0.765 bits per heavy atom. The lowest BCUT2D eigenvalue weighted by molar-refractivity contribution is -0.488. The van der Waals surface area contributed by atoms with Gasteiger partial charge in [-0.25, -0.2) is 13.2 Å². The highest BCUT2D eigenvalue weighted by molar-refractivity contribution is 5.23. The maximum absolute atomic E-state index is 13.6. The van der Waals surface area contributed by atoms with Crippen molar-refractivity contribution in [1.82, 2.24) is 0 Å². The van der Waals surface area contributed by atoms with Crippen LogP contribution in [0.1, 0.15) is 95.5 Å². The van der Waals surface area contributed by atoms with Crippen molar-refractivity contribution in [1.29, 1.82) is 0 Å². The van der Waals surface area contributed by atoms with Crippen molar-refractivity contribution >= 4 is 0 Å². The van der Waals surface area contributed by atoms with Gasteiger partial charge in [-0.1, -0.05) is 26.2 Å². The summed E-state index contributed by atoms with van der Waals surface area (Å²) in [7, 11) is 0. The number of benzene rings is 1. The Bertz CT molecular complexity index is 796. The normalized spacial score (nSPS) is 38.2. The highest BCUT2D eigenvalue weighted by atomic mass is 19.2. The van der Waals surface area contributed by atoms with Crippen LogP contribution in [0.5, 0.6) is 0 Å². The van der Waals surface area contributed by atoms with Crippen molar-refractivity contribution in [2.45, 2.75) is 95.9 Å². The van der Waals surface area contributed by atoms with E-state index < -0.39 is 23.4 Å². The Balaban J connectivity index is 1.04. The van der Waals surface area contributed by atoms with Crippen molar-refractivity contribution in [3.05, 3.63) is 35.1 Å². The minimum absolute atomic E-state index is 0.0612. The van der Waals surface area contributed by atoms with Crippen molar-refractivity contribution < 1.29 is 27.4 Å². The number of ether oxygens (including phenoxy) is 3. The van der Waals surface area contributed by atoms with Crippen LogP contribution in [-0.4, -0.2) is 25.8 Å². The summed E-state index contributed by atoms with van der Waals surface area (Å²) in [6.45, 7) is 4.49. The smallest absolute Gasteiger partial charge is 0.285 e. The van der Waals surface area contributed by atoms with Gasteiger partial charge in [0.05, 0.1) is 19.8 Å². The van der Waals surface area contributed by atoms with E-state index >= 15 is 0 Å². The average molecular weight is 481 g/mol. The molecule has 6 rings (SSSR count). The number of fused-ring (bicyclic) bond motifs is 3. The van der Waals surface area contributed by atoms with E-state index in [2.05, 4.69) is 6.92 Å². The van der Waals surface area contributed by atoms with Gasteiger partial charge in [-0.2, -0.15) is 0 Å². The molecule has 0 N–H and O–H groups in total. The van der Waals surface area contributed by atoms with Crippen LogP contribution in [0.3, 0.4) is 0 Å².